The molecule has 0 spiro atoms. The molecule has 0 aromatic heterocycles. The summed E-state index contributed by atoms with van der Waals surface area (Å²) in [4.78, 5) is 10.7. The van der Waals surface area contributed by atoms with Crippen molar-refractivity contribution in [2.45, 2.75) is 12.7 Å². The molecule has 0 atom stereocenters. The highest BCUT2D eigenvalue weighted by Gasteiger charge is 1.96. The smallest absolute Gasteiger partial charge is 0.139 e. The summed E-state index contributed by atoms with van der Waals surface area (Å²) in [7, 11) is 0. The van der Waals surface area contributed by atoms with E-state index in [0.29, 0.717) is 5.75 Å². The van der Waals surface area contributed by atoms with Crippen molar-refractivity contribution in [1.82, 2.24) is 0 Å². The van der Waals surface area contributed by atoms with Crippen LogP contribution in [0.4, 0.5) is 0 Å². The third kappa shape index (κ3) is 4.48. The lowest BCUT2D eigenvalue weighted by Crippen LogP contribution is -1.93. The summed E-state index contributed by atoms with van der Waals surface area (Å²) < 4.78 is 1.09. The average Bonchev–Trinajstić information content (AvgIpc) is 2.03. The molecule has 0 aliphatic heterocycles. The molecule has 1 nitrogen and oxygen atoms in total. The molecule has 0 aliphatic rings. The number of hydrogen-bond acceptors (Lipinski definition) is 2. The molecule has 0 saturated heterocycles. The molecule has 0 aliphatic carbocycles. The van der Waals surface area contributed by atoms with Gasteiger partial charge in [-0.15, -0.1) is 11.8 Å². The van der Waals surface area contributed by atoms with E-state index < -0.39 is 0 Å². The Labute approximate surface area is 91.0 Å². The van der Waals surface area contributed by atoms with Crippen molar-refractivity contribution in [1.29, 1.82) is 0 Å². The minimum atomic E-state index is 0.236. The SMILES string of the molecule is CC(=O)CSCc1cccc(Br)c1. The van der Waals surface area contributed by atoms with Gasteiger partial charge in [0.05, 0.1) is 5.75 Å². The lowest BCUT2D eigenvalue weighted by Gasteiger charge is -2.00. The predicted octanol–water partition coefficient (Wildman–Crippen LogP) is 3.27. The molecule has 70 valence electrons. The van der Waals surface area contributed by atoms with E-state index in [1.807, 2.05) is 12.1 Å². The van der Waals surface area contributed by atoms with Crippen LogP contribution in [-0.2, 0) is 10.5 Å². The first-order chi connectivity index (χ1) is 6.18. The maximum Gasteiger partial charge on any atom is 0.139 e. The van der Waals surface area contributed by atoms with Gasteiger partial charge in [-0.1, -0.05) is 28.1 Å². The molecule has 1 rings (SSSR count). The molecule has 0 bridgehead atoms. The lowest BCUT2D eigenvalue weighted by atomic mass is 10.2. The lowest BCUT2D eigenvalue weighted by molar-refractivity contribution is -0.114. The zero-order valence-electron chi connectivity index (χ0n) is 7.42. The van der Waals surface area contributed by atoms with E-state index in [9.17, 15) is 4.79 Å². The van der Waals surface area contributed by atoms with Crippen LogP contribution in [0.15, 0.2) is 28.7 Å². The van der Waals surface area contributed by atoms with Crippen molar-refractivity contribution >= 4 is 33.5 Å². The normalized spacial score (nSPS) is 10.0. The van der Waals surface area contributed by atoms with Gasteiger partial charge < -0.3 is 0 Å². The van der Waals surface area contributed by atoms with Crippen LogP contribution in [0.5, 0.6) is 0 Å². The first-order valence-corrected chi connectivity index (χ1v) is 5.95. The monoisotopic (exact) mass is 258 g/mol. The Morgan fingerprint density at radius 1 is 1.54 bits per heavy atom. The molecule has 0 amide bonds. The number of halogens is 1. The van der Waals surface area contributed by atoms with E-state index in [2.05, 4.69) is 28.1 Å². The van der Waals surface area contributed by atoms with Crippen molar-refractivity contribution in [3.63, 3.8) is 0 Å². The molecular weight excluding hydrogens is 248 g/mol. The fourth-order valence-electron chi connectivity index (χ4n) is 0.939. The Balaban J connectivity index is 2.41. The summed E-state index contributed by atoms with van der Waals surface area (Å²) in [5.41, 5.74) is 1.25. The number of carbonyl (C=O) groups excluding carboxylic acids is 1. The van der Waals surface area contributed by atoms with E-state index in [0.717, 1.165) is 10.2 Å². The Morgan fingerprint density at radius 3 is 2.92 bits per heavy atom. The van der Waals surface area contributed by atoms with Crippen LogP contribution in [0.1, 0.15) is 12.5 Å². The summed E-state index contributed by atoms with van der Waals surface area (Å²) >= 11 is 5.06. The Hall–Kier alpha value is -0.280. The number of Topliss-reactive ketones (excluding diaryl/α,β-unsaturated/α-hetero) is 1. The van der Waals surface area contributed by atoms with Gasteiger partial charge in [0.25, 0.3) is 0 Å². The van der Waals surface area contributed by atoms with Gasteiger partial charge in [0.1, 0.15) is 5.78 Å². The number of rotatable bonds is 4. The van der Waals surface area contributed by atoms with Crippen molar-refractivity contribution in [2.24, 2.45) is 0 Å². The maximum atomic E-state index is 10.7. The van der Waals surface area contributed by atoms with Crippen molar-refractivity contribution in [3.05, 3.63) is 34.3 Å². The van der Waals surface area contributed by atoms with Gasteiger partial charge in [0.2, 0.25) is 0 Å². The maximum absolute atomic E-state index is 10.7. The quantitative estimate of drug-likeness (QED) is 0.825. The van der Waals surface area contributed by atoms with Gasteiger partial charge in [-0.2, -0.15) is 0 Å². The second-order valence-corrected chi connectivity index (χ2v) is 4.73. The van der Waals surface area contributed by atoms with Crippen molar-refractivity contribution in [3.8, 4) is 0 Å². The molecule has 3 heteroatoms. The van der Waals surface area contributed by atoms with Gasteiger partial charge in [-0.05, 0) is 24.6 Å². The standard InChI is InChI=1S/C10H11BrOS/c1-8(12)6-13-7-9-3-2-4-10(11)5-9/h2-5H,6-7H2,1H3. The number of hydrogen-bond donors (Lipinski definition) is 0. The highest BCUT2D eigenvalue weighted by molar-refractivity contribution is 9.10. The van der Waals surface area contributed by atoms with Crippen molar-refractivity contribution < 1.29 is 4.79 Å². The van der Waals surface area contributed by atoms with Crippen molar-refractivity contribution in [2.75, 3.05) is 5.75 Å². The molecule has 0 saturated carbocycles. The van der Waals surface area contributed by atoms with Crippen LogP contribution in [0.3, 0.4) is 0 Å². The fraction of sp³-hybridized carbons (Fsp3) is 0.300. The van der Waals surface area contributed by atoms with Crippen LogP contribution in [-0.4, -0.2) is 11.5 Å². The number of thioether (sulfide) groups is 1. The molecule has 1 aromatic carbocycles. The van der Waals surface area contributed by atoms with E-state index in [4.69, 9.17) is 0 Å². The fourth-order valence-corrected chi connectivity index (χ4v) is 2.19. The molecule has 0 fully saturated rings. The molecule has 1 aromatic rings. The summed E-state index contributed by atoms with van der Waals surface area (Å²) in [5, 5.41) is 0. The second kappa shape index (κ2) is 5.45. The van der Waals surface area contributed by atoms with Gasteiger partial charge in [0, 0.05) is 10.2 Å². The highest BCUT2D eigenvalue weighted by Crippen LogP contribution is 2.16. The number of carbonyl (C=O) groups is 1. The molecule has 0 N–H and O–H groups in total. The van der Waals surface area contributed by atoms with Crippen LogP contribution >= 0.6 is 27.7 Å². The highest BCUT2D eigenvalue weighted by atomic mass is 79.9. The van der Waals surface area contributed by atoms with Crippen LogP contribution in [0, 0.1) is 0 Å². The minimum Gasteiger partial charge on any atom is -0.299 e. The predicted molar refractivity (Wildman–Crippen MR) is 61.0 cm³/mol. The first-order valence-electron chi connectivity index (χ1n) is 4.00. The molecule has 13 heavy (non-hydrogen) atoms. The van der Waals surface area contributed by atoms with E-state index in [1.54, 1.807) is 18.7 Å². The number of ketones is 1. The largest absolute Gasteiger partial charge is 0.299 e. The van der Waals surface area contributed by atoms with E-state index in [1.165, 1.54) is 5.56 Å². The first kappa shape index (κ1) is 10.8. The zero-order chi connectivity index (χ0) is 9.68. The zero-order valence-corrected chi connectivity index (χ0v) is 9.82. The van der Waals surface area contributed by atoms with E-state index >= 15 is 0 Å². The summed E-state index contributed by atoms with van der Waals surface area (Å²) in [6, 6.07) is 8.15. The Morgan fingerprint density at radius 2 is 2.31 bits per heavy atom. The second-order valence-electron chi connectivity index (χ2n) is 2.82. The Bertz CT molecular complexity index is 299. The average molecular weight is 259 g/mol. The van der Waals surface area contributed by atoms with E-state index in [-0.39, 0.29) is 5.78 Å². The topological polar surface area (TPSA) is 17.1 Å². The summed E-state index contributed by atoms with van der Waals surface area (Å²) in [6.07, 6.45) is 0. The minimum absolute atomic E-state index is 0.236. The third-order valence-corrected chi connectivity index (χ3v) is 3.10. The van der Waals surface area contributed by atoms with Gasteiger partial charge >= 0.3 is 0 Å². The van der Waals surface area contributed by atoms with Gasteiger partial charge in [-0.25, -0.2) is 0 Å². The third-order valence-electron chi connectivity index (χ3n) is 1.46. The van der Waals surface area contributed by atoms with Gasteiger partial charge in [-0.3, -0.25) is 4.79 Å². The molecule has 0 unspecified atom stereocenters. The Kier molecular flexibility index (Phi) is 4.53. The van der Waals surface area contributed by atoms with Crippen LogP contribution in [0.25, 0.3) is 0 Å². The van der Waals surface area contributed by atoms with Crippen LogP contribution < -0.4 is 0 Å². The number of benzene rings is 1. The molecule has 0 radical (unpaired) electrons. The van der Waals surface area contributed by atoms with Gasteiger partial charge in [0.15, 0.2) is 0 Å². The molecular formula is C10H11BrOS. The summed E-state index contributed by atoms with van der Waals surface area (Å²) in [6.45, 7) is 1.62. The van der Waals surface area contributed by atoms with Crippen LogP contribution in [0.2, 0.25) is 0 Å². The molecule has 0 heterocycles. The summed E-state index contributed by atoms with van der Waals surface area (Å²) in [5.74, 6) is 1.74.